The number of hydrogen-bond acceptors (Lipinski definition) is 4. The van der Waals surface area contributed by atoms with Crippen LogP contribution in [0, 0.1) is 0 Å². The van der Waals surface area contributed by atoms with E-state index in [2.05, 4.69) is 13.2 Å². The van der Waals surface area contributed by atoms with Crippen molar-refractivity contribution in [2.75, 3.05) is 6.61 Å². The molecule has 0 radical (unpaired) electrons. The third kappa shape index (κ3) is 4.75. The minimum atomic E-state index is -0.656. The highest BCUT2D eigenvalue weighted by atomic mass is 32.2. The van der Waals surface area contributed by atoms with Gasteiger partial charge in [-0.05, 0) is 13.8 Å². The van der Waals surface area contributed by atoms with Crippen LogP contribution in [0.15, 0.2) is 23.0 Å². The quantitative estimate of drug-likeness (QED) is 0.544. The van der Waals surface area contributed by atoms with E-state index in [0.717, 1.165) is 11.8 Å². The molecule has 0 spiro atoms. The van der Waals surface area contributed by atoms with Gasteiger partial charge in [-0.25, -0.2) is 4.79 Å². The molecule has 0 heterocycles. The molecule has 0 aliphatic rings. The highest BCUT2D eigenvalue weighted by Gasteiger charge is 2.12. The van der Waals surface area contributed by atoms with Crippen molar-refractivity contribution >= 4 is 17.7 Å². The first-order chi connectivity index (χ1) is 5.99. The van der Waals surface area contributed by atoms with Crippen LogP contribution in [0.25, 0.3) is 0 Å². The maximum atomic E-state index is 11.0. The fraction of sp³-hybridized carbons (Fsp3) is 0.444. The molecule has 0 aromatic rings. The number of ether oxygens (including phenoxy) is 1. The van der Waals surface area contributed by atoms with E-state index in [4.69, 9.17) is 9.84 Å². The third-order valence-electron chi connectivity index (χ3n) is 1.22. The lowest BCUT2D eigenvalue weighted by atomic mass is 10.4. The van der Waals surface area contributed by atoms with Crippen LogP contribution >= 0.6 is 11.8 Å². The molecule has 0 saturated carbocycles. The second-order valence-corrected chi connectivity index (χ2v) is 3.61. The van der Waals surface area contributed by atoms with Crippen molar-refractivity contribution in [3.05, 3.63) is 23.0 Å². The predicted molar refractivity (Wildman–Crippen MR) is 54.2 cm³/mol. The summed E-state index contributed by atoms with van der Waals surface area (Å²) < 4.78 is 4.70. The van der Waals surface area contributed by atoms with Crippen LogP contribution in [0.2, 0.25) is 0 Å². The molecule has 1 N–H and O–H groups in total. The number of carbonyl (C=O) groups is 1. The van der Waals surface area contributed by atoms with E-state index in [1.54, 1.807) is 13.8 Å². The van der Waals surface area contributed by atoms with E-state index in [9.17, 15) is 4.79 Å². The maximum Gasteiger partial charge on any atom is 0.344 e. The standard InChI is InChI=1S/C9H14O3S/c1-5-12-9(11)8(4)13-7(3)6(2)10/h6,10H,3-5H2,1-2H3. The molecule has 1 unspecified atom stereocenters. The van der Waals surface area contributed by atoms with Crippen molar-refractivity contribution < 1.29 is 14.6 Å². The number of hydrogen-bond donors (Lipinski definition) is 1. The van der Waals surface area contributed by atoms with E-state index in [-0.39, 0.29) is 4.91 Å². The molecule has 0 saturated heterocycles. The topological polar surface area (TPSA) is 46.5 Å². The number of aliphatic hydroxyl groups is 1. The lowest BCUT2D eigenvalue weighted by Crippen LogP contribution is -2.07. The van der Waals surface area contributed by atoms with Gasteiger partial charge in [0.2, 0.25) is 0 Å². The third-order valence-corrected chi connectivity index (χ3v) is 2.24. The molecule has 0 amide bonds. The highest BCUT2D eigenvalue weighted by molar-refractivity contribution is 8.07. The van der Waals surface area contributed by atoms with Crippen LogP contribution in [0.5, 0.6) is 0 Å². The molecule has 13 heavy (non-hydrogen) atoms. The van der Waals surface area contributed by atoms with Gasteiger partial charge in [0.05, 0.1) is 17.6 Å². The minimum Gasteiger partial charge on any atom is -0.462 e. The average Bonchev–Trinajstić information content (AvgIpc) is 2.04. The molecule has 4 heteroatoms. The SMILES string of the molecule is C=C(SC(=C)C(C)O)C(=O)OCC. The Morgan fingerprint density at radius 1 is 1.62 bits per heavy atom. The van der Waals surface area contributed by atoms with Gasteiger partial charge in [0.15, 0.2) is 0 Å². The zero-order valence-corrected chi connectivity index (χ0v) is 8.69. The Hall–Kier alpha value is -0.740. The molecule has 0 bridgehead atoms. The molecule has 0 aromatic carbocycles. The number of rotatable bonds is 5. The van der Waals surface area contributed by atoms with Crippen molar-refractivity contribution in [1.82, 2.24) is 0 Å². The summed E-state index contributed by atoms with van der Waals surface area (Å²) in [4.78, 5) is 11.8. The van der Waals surface area contributed by atoms with E-state index < -0.39 is 12.1 Å². The van der Waals surface area contributed by atoms with Gasteiger partial charge in [-0.1, -0.05) is 24.9 Å². The summed E-state index contributed by atoms with van der Waals surface area (Å²) in [5.74, 6) is -0.464. The molecule has 74 valence electrons. The largest absolute Gasteiger partial charge is 0.462 e. The lowest BCUT2D eigenvalue weighted by molar-refractivity contribution is -0.137. The second-order valence-electron chi connectivity index (χ2n) is 2.39. The van der Waals surface area contributed by atoms with Gasteiger partial charge in [0.25, 0.3) is 0 Å². The van der Waals surface area contributed by atoms with Crippen molar-refractivity contribution in [2.24, 2.45) is 0 Å². The molecule has 0 fully saturated rings. The molecular weight excluding hydrogens is 188 g/mol. The Balaban J connectivity index is 4.01. The molecule has 0 aromatic heterocycles. The van der Waals surface area contributed by atoms with Crippen molar-refractivity contribution in [2.45, 2.75) is 20.0 Å². The molecular formula is C9H14O3S. The molecule has 1 atom stereocenters. The summed E-state index contributed by atoms with van der Waals surface area (Å²) in [5.41, 5.74) is 0. The maximum absolute atomic E-state index is 11.0. The summed E-state index contributed by atoms with van der Waals surface area (Å²) in [6.45, 7) is 10.7. The van der Waals surface area contributed by atoms with Crippen LogP contribution in [0.3, 0.4) is 0 Å². The normalized spacial score (nSPS) is 11.9. The number of esters is 1. The van der Waals surface area contributed by atoms with Crippen LogP contribution < -0.4 is 0 Å². The Bertz CT molecular complexity index is 221. The van der Waals surface area contributed by atoms with Crippen molar-refractivity contribution in [1.29, 1.82) is 0 Å². The Kier molecular flexibility index (Phi) is 5.50. The van der Waals surface area contributed by atoms with Crippen molar-refractivity contribution in [3.63, 3.8) is 0 Å². The Morgan fingerprint density at radius 2 is 2.15 bits per heavy atom. The monoisotopic (exact) mass is 202 g/mol. The van der Waals surface area contributed by atoms with Gasteiger partial charge < -0.3 is 9.84 Å². The number of carbonyl (C=O) groups excluding carboxylic acids is 1. The molecule has 0 aliphatic heterocycles. The smallest absolute Gasteiger partial charge is 0.344 e. The predicted octanol–water partition coefficient (Wildman–Crippen LogP) is 1.69. The van der Waals surface area contributed by atoms with Crippen LogP contribution in [-0.2, 0) is 9.53 Å². The lowest BCUT2D eigenvalue weighted by Gasteiger charge is -2.08. The summed E-state index contributed by atoms with van der Waals surface area (Å²) in [6.07, 6.45) is -0.656. The van der Waals surface area contributed by atoms with E-state index in [1.165, 1.54) is 0 Å². The summed E-state index contributed by atoms with van der Waals surface area (Å²) in [6, 6.07) is 0. The molecule has 3 nitrogen and oxygen atoms in total. The summed E-state index contributed by atoms with van der Waals surface area (Å²) in [7, 11) is 0. The summed E-state index contributed by atoms with van der Waals surface area (Å²) in [5, 5.41) is 9.07. The zero-order valence-electron chi connectivity index (χ0n) is 7.87. The van der Waals surface area contributed by atoms with Crippen LogP contribution in [-0.4, -0.2) is 23.8 Å². The minimum absolute atomic E-state index is 0.243. The summed E-state index contributed by atoms with van der Waals surface area (Å²) >= 11 is 1.04. The fourth-order valence-electron chi connectivity index (χ4n) is 0.497. The van der Waals surface area contributed by atoms with E-state index >= 15 is 0 Å². The van der Waals surface area contributed by atoms with Gasteiger partial charge in [-0.2, -0.15) is 0 Å². The fourth-order valence-corrected chi connectivity index (χ4v) is 1.13. The molecule has 0 aliphatic carbocycles. The number of thioether (sulfide) groups is 1. The second kappa shape index (κ2) is 5.83. The first-order valence-electron chi connectivity index (χ1n) is 3.89. The van der Waals surface area contributed by atoms with E-state index in [0.29, 0.717) is 11.5 Å². The van der Waals surface area contributed by atoms with E-state index in [1.807, 2.05) is 0 Å². The van der Waals surface area contributed by atoms with Gasteiger partial charge in [0, 0.05) is 4.91 Å². The first kappa shape index (κ1) is 12.3. The van der Waals surface area contributed by atoms with Gasteiger partial charge in [-0.15, -0.1) is 0 Å². The van der Waals surface area contributed by atoms with Crippen molar-refractivity contribution in [3.8, 4) is 0 Å². The Labute approximate surface area is 82.5 Å². The van der Waals surface area contributed by atoms with Crippen LogP contribution in [0.1, 0.15) is 13.8 Å². The average molecular weight is 202 g/mol. The van der Waals surface area contributed by atoms with Gasteiger partial charge in [0.1, 0.15) is 0 Å². The highest BCUT2D eigenvalue weighted by Crippen LogP contribution is 2.25. The molecule has 0 rings (SSSR count). The Morgan fingerprint density at radius 3 is 2.54 bits per heavy atom. The zero-order chi connectivity index (χ0) is 10.4. The van der Waals surface area contributed by atoms with Gasteiger partial charge >= 0.3 is 5.97 Å². The van der Waals surface area contributed by atoms with Gasteiger partial charge in [-0.3, -0.25) is 0 Å². The number of aliphatic hydroxyl groups excluding tert-OH is 1. The van der Waals surface area contributed by atoms with Crippen LogP contribution in [0.4, 0.5) is 0 Å². The first-order valence-corrected chi connectivity index (χ1v) is 4.71.